The number of carbonyl (C=O) groups excluding carboxylic acids is 1. The summed E-state index contributed by atoms with van der Waals surface area (Å²) in [4.78, 5) is 22.3. The van der Waals surface area contributed by atoms with Gasteiger partial charge in [0, 0.05) is 10.6 Å². The van der Waals surface area contributed by atoms with Crippen LogP contribution in [0.5, 0.6) is 5.75 Å². The fourth-order valence-corrected chi connectivity index (χ4v) is 2.49. The summed E-state index contributed by atoms with van der Waals surface area (Å²) in [6.45, 7) is 0. The number of hydrogen-bond donors (Lipinski definition) is 0. The van der Waals surface area contributed by atoms with E-state index >= 15 is 0 Å². The molecular formula is C14H8Cl3NO4. The fourth-order valence-electron chi connectivity index (χ4n) is 1.78. The number of para-hydroxylation sites is 1. The zero-order chi connectivity index (χ0) is 16.3. The first-order valence-corrected chi connectivity index (χ1v) is 7.09. The Morgan fingerprint density at radius 3 is 2.50 bits per heavy atom. The van der Waals surface area contributed by atoms with Crippen molar-refractivity contribution in [1.29, 1.82) is 0 Å². The number of rotatable bonds is 4. The van der Waals surface area contributed by atoms with Crippen LogP contribution in [-0.4, -0.2) is 10.9 Å². The van der Waals surface area contributed by atoms with Gasteiger partial charge in [-0.1, -0.05) is 46.9 Å². The fraction of sp³-hybridized carbons (Fsp3) is 0.0714. The van der Waals surface area contributed by atoms with Gasteiger partial charge < -0.3 is 4.74 Å². The molecule has 0 heterocycles. The third-order valence-corrected chi connectivity index (χ3v) is 3.54. The molecule has 0 saturated heterocycles. The summed E-state index contributed by atoms with van der Waals surface area (Å²) >= 11 is 17.4. The summed E-state index contributed by atoms with van der Waals surface area (Å²) in [5.41, 5.74) is -0.157. The topological polar surface area (TPSA) is 69.4 Å². The van der Waals surface area contributed by atoms with E-state index in [2.05, 4.69) is 0 Å². The lowest BCUT2D eigenvalue weighted by Crippen LogP contribution is -2.12. The third kappa shape index (κ3) is 3.88. The van der Waals surface area contributed by atoms with Crippen molar-refractivity contribution >= 4 is 46.5 Å². The van der Waals surface area contributed by atoms with E-state index in [1.165, 1.54) is 36.4 Å². The van der Waals surface area contributed by atoms with Crippen LogP contribution >= 0.6 is 34.8 Å². The van der Waals surface area contributed by atoms with E-state index < -0.39 is 10.9 Å². The quantitative estimate of drug-likeness (QED) is 0.343. The van der Waals surface area contributed by atoms with Crippen molar-refractivity contribution in [2.45, 2.75) is 6.42 Å². The smallest absolute Gasteiger partial charge is 0.315 e. The van der Waals surface area contributed by atoms with Crippen molar-refractivity contribution in [1.82, 2.24) is 0 Å². The SMILES string of the molecule is O=C(Cc1cccc(Cl)c1[N+](=O)[O-])Oc1ccc(Cl)cc1Cl. The average molecular weight is 361 g/mol. The Labute approximate surface area is 140 Å². The highest BCUT2D eigenvalue weighted by atomic mass is 35.5. The maximum atomic E-state index is 11.9. The molecule has 0 radical (unpaired) electrons. The summed E-state index contributed by atoms with van der Waals surface area (Å²) in [6, 6.07) is 8.72. The van der Waals surface area contributed by atoms with Gasteiger partial charge in [0.1, 0.15) is 10.8 Å². The average Bonchev–Trinajstić information content (AvgIpc) is 2.41. The molecule has 0 aliphatic carbocycles. The van der Waals surface area contributed by atoms with Gasteiger partial charge >= 0.3 is 5.97 Å². The first kappa shape index (κ1) is 16.5. The zero-order valence-electron chi connectivity index (χ0n) is 10.9. The number of nitro groups is 1. The molecule has 0 bridgehead atoms. The van der Waals surface area contributed by atoms with Gasteiger partial charge in [-0.15, -0.1) is 0 Å². The van der Waals surface area contributed by atoms with Crippen LogP contribution in [0, 0.1) is 10.1 Å². The molecule has 0 spiro atoms. The second kappa shape index (κ2) is 6.96. The minimum absolute atomic E-state index is 0.0418. The van der Waals surface area contributed by atoms with Crippen LogP contribution in [0.4, 0.5) is 5.69 Å². The van der Waals surface area contributed by atoms with Gasteiger partial charge in [-0.3, -0.25) is 14.9 Å². The highest BCUT2D eigenvalue weighted by molar-refractivity contribution is 6.35. The standard InChI is InChI=1S/C14H8Cl3NO4/c15-9-4-5-12(11(17)7-9)22-13(19)6-8-2-1-3-10(16)14(8)18(20)21/h1-5,7H,6H2. The van der Waals surface area contributed by atoms with Crippen LogP contribution in [-0.2, 0) is 11.2 Å². The molecule has 8 heteroatoms. The monoisotopic (exact) mass is 359 g/mol. The van der Waals surface area contributed by atoms with Gasteiger partial charge in [-0.2, -0.15) is 0 Å². The number of benzene rings is 2. The molecular weight excluding hydrogens is 353 g/mol. The van der Waals surface area contributed by atoms with Crippen molar-refractivity contribution < 1.29 is 14.5 Å². The largest absolute Gasteiger partial charge is 0.425 e. The Balaban J connectivity index is 2.19. The number of ether oxygens (including phenoxy) is 1. The summed E-state index contributed by atoms with van der Waals surface area (Å²) in [6.07, 6.45) is -0.310. The lowest BCUT2D eigenvalue weighted by molar-refractivity contribution is -0.385. The molecule has 5 nitrogen and oxygen atoms in total. The van der Waals surface area contributed by atoms with E-state index in [4.69, 9.17) is 39.5 Å². The van der Waals surface area contributed by atoms with Gasteiger partial charge in [0.05, 0.1) is 16.4 Å². The van der Waals surface area contributed by atoms with Gasteiger partial charge in [0.15, 0.2) is 0 Å². The number of halogens is 3. The lowest BCUT2D eigenvalue weighted by Gasteiger charge is -2.07. The third-order valence-electron chi connectivity index (χ3n) is 2.71. The molecule has 2 aromatic rings. The van der Waals surface area contributed by atoms with Crippen LogP contribution in [0.15, 0.2) is 36.4 Å². The number of hydrogen-bond acceptors (Lipinski definition) is 4. The Morgan fingerprint density at radius 2 is 1.86 bits per heavy atom. The van der Waals surface area contributed by atoms with Crippen molar-refractivity contribution in [2.75, 3.05) is 0 Å². The molecule has 114 valence electrons. The first-order chi connectivity index (χ1) is 10.4. The number of nitro benzene ring substituents is 1. The first-order valence-electron chi connectivity index (χ1n) is 5.96. The van der Waals surface area contributed by atoms with E-state index in [1.807, 2.05) is 0 Å². The molecule has 0 atom stereocenters. The Bertz CT molecular complexity index is 749. The van der Waals surface area contributed by atoms with Gasteiger partial charge in [-0.05, 0) is 24.3 Å². The summed E-state index contributed by atoms with van der Waals surface area (Å²) in [7, 11) is 0. The second-order valence-electron chi connectivity index (χ2n) is 4.23. The molecule has 22 heavy (non-hydrogen) atoms. The molecule has 0 saturated carbocycles. The minimum Gasteiger partial charge on any atom is -0.425 e. The molecule has 0 N–H and O–H groups in total. The Kier molecular flexibility index (Phi) is 5.24. The second-order valence-corrected chi connectivity index (χ2v) is 5.48. The van der Waals surface area contributed by atoms with Gasteiger partial charge in [0.2, 0.25) is 0 Å². The lowest BCUT2D eigenvalue weighted by atomic mass is 10.1. The van der Waals surface area contributed by atoms with Crippen molar-refractivity contribution in [3.63, 3.8) is 0 Å². The Hall–Kier alpha value is -1.82. The maximum Gasteiger partial charge on any atom is 0.315 e. The van der Waals surface area contributed by atoms with Crippen molar-refractivity contribution in [3.05, 3.63) is 67.1 Å². The van der Waals surface area contributed by atoms with Crippen LogP contribution in [0.2, 0.25) is 15.1 Å². The van der Waals surface area contributed by atoms with Crippen LogP contribution < -0.4 is 4.74 Å². The predicted octanol–water partition coefficient (Wildman–Crippen LogP) is 4.70. The molecule has 0 aromatic heterocycles. The Morgan fingerprint density at radius 1 is 1.14 bits per heavy atom. The van der Waals surface area contributed by atoms with Crippen LogP contribution in [0.3, 0.4) is 0 Å². The normalized spacial score (nSPS) is 10.3. The van der Waals surface area contributed by atoms with Crippen LogP contribution in [0.1, 0.15) is 5.56 Å². The van der Waals surface area contributed by atoms with E-state index in [1.54, 1.807) is 0 Å². The highest BCUT2D eigenvalue weighted by Gasteiger charge is 2.21. The molecule has 0 unspecified atom stereocenters. The predicted molar refractivity (Wildman–Crippen MR) is 83.9 cm³/mol. The summed E-state index contributed by atoms with van der Waals surface area (Å²) < 4.78 is 5.08. The van der Waals surface area contributed by atoms with Gasteiger partial charge in [0.25, 0.3) is 5.69 Å². The van der Waals surface area contributed by atoms with Crippen molar-refractivity contribution in [2.24, 2.45) is 0 Å². The van der Waals surface area contributed by atoms with E-state index in [-0.39, 0.29) is 33.5 Å². The number of esters is 1. The highest BCUT2D eigenvalue weighted by Crippen LogP contribution is 2.30. The summed E-state index contributed by atoms with van der Waals surface area (Å²) in [5, 5.41) is 11.5. The zero-order valence-corrected chi connectivity index (χ0v) is 13.2. The van der Waals surface area contributed by atoms with E-state index in [0.29, 0.717) is 5.02 Å². The number of carbonyl (C=O) groups is 1. The van der Waals surface area contributed by atoms with Crippen LogP contribution in [0.25, 0.3) is 0 Å². The van der Waals surface area contributed by atoms with E-state index in [0.717, 1.165) is 0 Å². The minimum atomic E-state index is -0.699. The molecule has 0 aliphatic heterocycles. The molecule has 2 aromatic carbocycles. The number of nitrogens with zero attached hydrogens (tertiary/aromatic N) is 1. The van der Waals surface area contributed by atoms with Gasteiger partial charge in [-0.25, -0.2) is 0 Å². The maximum absolute atomic E-state index is 11.9. The molecule has 0 aliphatic rings. The van der Waals surface area contributed by atoms with Crippen molar-refractivity contribution in [3.8, 4) is 5.75 Å². The molecule has 0 amide bonds. The molecule has 2 rings (SSSR count). The van der Waals surface area contributed by atoms with E-state index in [9.17, 15) is 14.9 Å². The summed E-state index contributed by atoms with van der Waals surface area (Å²) in [5.74, 6) is -0.574. The molecule has 0 fully saturated rings.